The molecular weight excluding hydrogens is 504 g/mol. The van der Waals surface area contributed by atoms with E-state index in [9.17, 15) is 15.0 Å². The molecule has 4 fully saturated rings. The zero-order valence-corrected chi connectivity index (χ0v) is 24.8. The van der Waals surface area contributed by atoms with Crippen LogP contribution in [-0.2, 0) is 33.2 Å². The van der Waals surface area contributed by atoms with E-state index >= 15 is 0 Å². The van der Waals surface area contributed by atoms with Crippen LogP contribution in [-0.4, -0.2) is 82.3 Å². The monoisotopic (exact) mass is 556 g/mol. The van der Waals surface area contributed by atoms with E-state index in [0.717, 1.165) is 44.9 Å². The molecule has 0 bridgehead atoms. The van der Waals surface area contributed by atoms with Gasteiger partial charge in [-0.25, -0.2) is 4.79 Å². The first-order valence-electron chi connectivity index (χ1n) is 14.8. The Balaban J connectivity index is 1.66. The lowest BCUT2D eigenvalue weighted by molar-refractivity contribution is -0.227. The van der Waals surface area contributed by atoms with Crippen molar-refractivity contribution in [3.8, 4) is 0 Å². The molecule has 4 aliphatic rings. The highest BCUT2D eigenvalue weighted by Crippen LogP contribution is 2.69. The van der Waals surface area contributed by atoms with Crippen molar-refractivity contribution in [1.29, 1.82) is 0 Å². The summed E-state index contributed by atoms with van der Waals surface area (Å²) in [6, 6.07) is 0. The first kappa shape index (κ1) is 31.1. The number of aliphatic carboxylic acids is 1. The first-order chi connectivity index (χ1) is 18.6. The lowest BCUT2D eigenvalue weighted by atomic mass is 9.43. The molecule has 0 aromatic carbocycles. The van der Waals surface area contributed by atoms with Crippen LogP contribution in [0, 0.1) is 46.3 Å². The maximum atomic E-state index is 11.5. The number of methoxy groups -OCH3 is 3. The van der Waals surface area contributed by atoms with Gasteiger partial charge in [0.2, 0.25) is 0 Å². The number of ether oxygens (including phenoxy) is 6. The average Bonchev–Trinajstić information content (AvgIpc) is 3.21. The molecule has 0 amide bonds. The van der Waals surface area contributed by atoms with Crippen molar-refractivity contribution in [1.82, 2.24) is 0 Å². The van der Waals surface area contributed by atoms with E-state index < -0.39 is 12.1 Å². The summed E-state index contributed by atoms with van der Waals surface area (Å²) in [5, 5.41) is 19.6. The zero-order valence-electron chi connectivity index (χ0n) is 24.8. The van der Waals surface area contributed by atoms with Crippen LogP contribution in [0.15, 0.2) is 0 Å². The lowest BCUT2D eigenvalue weighted by Crippen LogP contribution is -2.60. The van der Waals surface area contributed by atoms with Crippen molar-refractivity contribution >= 4 is 5.97 Å². The highest BCUT2D eigenvalue weighted by molar-refractivity contribution is 5.71. The molecule has 0 aromatic rings. The van der Waals surface area contributed by atoms with Crippen LogP contribution in [0.5, 0.6) is 0 Å². The molecule has 0 radical (unpaired) electrons. The van der Waals surface area contributed by atoms with Crippen molar-refractivity contribution < 1.29 is 43.4 Å². The van der Waals surface area contributed by atoms with Crippen LogP contribution < -0.4 is 0 Å². The van der Waals surface area contributed by atoms with Gasteiger partial charge in [-0.2, -0.15) is 0 Å². The van der Waals surface area contributed by atoms with E-state index in [1.54, 1.807) is 21.3 Å². The minimum absolute atomic E-state index is 0.00709. The SMILES string of the molecule is COCO[C@@H]1CC[C@]2(C)C3CC[C@@]4(C)[C@H]([C@@H]3[C@H](OCOC)C[C@@H]2C1)[C@@H](OCOC)C[C@@H]4[C@H](C)C[C@@H](O)C(=O)O. The largest absolute Gasteiger partial charge is 0.479 e. The molecule has 226 valence electrons. The van der Waals surface area contributed by atoms with Gasteiger partial charge in [-0.1, -0.05) is 20.8 Å². The number of hydrogen-bond donors (Lipinski definition) is 2. The van der Waals surface area contributed by atoms with E-state index in [1.165, 1.54) is 0 Å². The predicted octanol–water partition coefficient (Wildman–Crippen LogP) is 4.30. The van der Waals surface area contributed by atoms with E-state index in [-0.39, 0.29) is 66.9 Å². The highest BCUT2D eigenvalue weighted by Gasteiger charge is 2.66. The van der Waals surface area contributed by atoms with Crippen molar-refractivity contribution in [2.24, 2.45) is 46.3 Å². The zero-order chi connectivity index (χ0) is 28.4. The minimum atomic E-state index is -1.35. The molecule has 0 aromatic heterocycles. The molecule has 4 rings (SSSR count). The normalized spacial score (nSPS) is 43.3. The summed E-state index contributed by atoms with van der Waals surface area (Å²) in [7, 11) is 5.00. The maximum absolute atomic E-state index is 11.5. The Morgan fingerprint density at radius 1 is 0.872 bits per heavy atom. The number of carboxylic acid groups (broad SMARTS) is 1. The Kier molecular flexibility index (Phi) is 10.4. The Hall–Kier alpha value is -0.810. The van der Waals surface area contributed by atoms with Crippen molar-refractivity contribution in [2.75, 3.05) is 41.7 Å². The summed E-state index contributed by atoms with van der Waals surface area (Å²) in [4.78, 5) is 11.5. The van der Waals surface area contributed by atoms with Gasteiger partial charge in [0.1, 0.15) is 20.4 Å². The number of fused-ring (bicyclic) bond motifs is 5. The third kappa shape index (κ3) is 6.06. The molecule has 0 heterocycles. The summed E-state index contributed by atoms with van der Waals surface area (Å²) >= 11 is 0. The smallest absolute Gasteiger partial charge is 0.332 e. The number of carbonyl (C=O) groups is 1. The van der Waals surface area contributed by atoms with Crippen LogP contribution in [0.4, 0.5) is 0 Å². The van der Waals surface area contributed by atoms with Gasteiger partial charge in [0.15, 0.2) is 6.10 Å². The molecule has 1 unspecified atom stereocenters. The van der Waals surface area contributed by atoms with Crippen LogP contribution in [0.2, 0.25) is 0 Å². The van der Waals surface area contributed by atoms with Gasteiger partial charge < -0.3 is 38.6 Å². The standard InChI is InChI=1S/C30H52O9/c1-18(11-23(31)28(32)33)22-14-25(39-17-36-6)27-26-21(8-10-30(22,27)3)29(2)9-7-20(37-15-34-4)12-19(29)13-24(26)38-16-35-5/h18-27,31H,7-17H2,1-6H3,(H,32,33)/t18-,19+,20-,21?,22-,23-,24-,25+,26+,27+,29+,30-/m1/s1. The molecule has 12 atom stereocenters. The average molecular weight is 557 g/mol. The van der Waals surface area contributed by atoms with Gasteiger partial charge in [0.25, 0.3) is 0 Å². The summed E-state index contributed by atoms with van der Waals surface area (Å²) in [5.41, 5.74) is 0.148. The summed E-state index contributed by atoms with van der Waals surface area (Å²) in [6.07, 6.45) is 6.33. The van der Waals surface area contributed by atoms with E-state index in [1.807, 2.05) is 0 Å². The molecule has 2 N–H and O–H groups in total. The van der Waals surface area contributed by atoms with Gasteiger partial charge in [0, 0.05) is 21.3 Å². The third-order valence-electron chi connectivity index (χ3n) is 11.4. The van der Waals surface area contributed by atoms with Gasteiger partial charge in [-0.15, -0.1) is 0 Å². The second kappa shape index (κ2) is 13.0. The molecular formula is C30H52O9. The van der Waals surface area contributed by atoms with E-state index in [4.69, 9.17) is 28.4 Å². The second-order valence-corrected chi connectivity index (χ2v) is 13.3. The topological polar surface area (TPSA) is 113 Å². The number of aliphatic hydroxyl groups is 1. The second-order valence-electron chi connectivity index (χ2n) is 13.3. The molecule has 9 heteroatoms. The first-order valence-corrected chi connectivity index (χ1v) is 14.8. The van der Waals surface area contributed by atoms with Gasteiger partial charge in [-0.05, 0) is 97.7 Å². The fourth-order valence-corrected chi connectivity index (χ4v) is 9.70. The molecule has 39 heavy (non-hydrogen) atoms. The van der Waals surface area contributed by atoms with E-state index in [2.05, 4.69) is 20.8 Å². The minimum Gasteiger partial charge on any atom is -0.479 e. The summed E-state index contributed by atoms with van der Waals surface area (Å²) < 4.78 is 35.0. The fraction of sp³-hybridized carbons (Fsp3) is 0.967. The number of rotatable bonds is 13. The Morgan fingerprint density at radius 2 is 1.49 bits per heavy atom. The van der Waals surface area contributed by atoms with Gasteiger partial charge >= 0.3 is 5.97 Å². The van der Waals surface area contributed by atoms with E-state index in [0.29, 0.717) is 24.5 Å². The van der Waals surface area contributed by atoms with Gasteiger partial charge in [0.05, 0.1) is 18.3 Å². The van der Waals surface area contributed by atoms with Crippen LogP contribution >= 0.6 is 0 Å². The predicted molar refractivity (Wildman–Crippen MR) is 144 cm³/mol. The van der Waals surface area contributed by atoms with Crippen LogP contribution in [0.25, 0.3) is 0 Å². The number of aliphatic hydroxyl groups excluding tert-OH is 1. The lowest BCUT2D eigenvalue weighted by Gasteiger charge is -2.63. The quantitative estimate of drug-likeness (QED) is 0.321. The van der Waals surface area contributed by atoms with Crippen LogP contribution in [0.3, 0.4) is 0 Å². The highest BCUT2D eigenvalue weighted by atomic mass is 16.7. The Bertz CT molecular complexity index is 809. The van der Waals surface area contributed by atoms with Crippen molar-refractivity contribution in [2.45, 2.75) is 96.6 Å². The molecule has 4 aliphatic carbocycles. The summed E-state index contributed by atoms with van der Waals surface area (Å²) in [6.45, 7) is 7.81. The molecule has 0 saturated heterocycles. The molecule has 0 aliphatic heterocycles. The summed E-state index contributed by atoms with van der Waals surface area (Å²) in [5.74, 6) is 0.693. The number of hydrogen-bond acceptors (Lipinski definition) is 8. The van der Waals surface area contributed by atoms with Crippen molar-refractivity contribution in [3.05, 3.63) is 0 Å². The Morgan fingerprint density at radius 3 is 2.13 bits per heavy atom. The fourth-order valence-electron chi connectivity index (χ4n) is 9.70. The van der Waals surface area contributed by atoms with Gasteiger partial charge in [-0.3, -0.25) is 0 Å². The van der Waals surface area contributed by atoms with Crippen molar-refractivity contribution in [3.63, 3.8) is 0 Å². The molecule has 0 spiro atoms. The molecule has 9 nitrogen and oxygen atoms in total. The maximum Gasteiger partial charge on any atom is 0.332 e. The van der Waals surface area contributed by atoms with Crippen LogP contribution in [0.1, 0.15) is 72.1 Å². The molecule has 4 saturated carbocycles. The number of carboxylic acids is 1. The Labute approximate surface area is 234 Å². The third-order valence-corrected chi connectivity index (χ3v) is 11.4.